The fraction of sp³-hybridized carbons (Fsp3) is 1.00. The molecule has 33 heavy (non-hydrogen) atoms. The number of aliphatic hydroxyl groups is 2. The summed E-state index contributed by atoms with van der Waals surface area (Å²) >= 11 is 0. The third-order valence-electron chi connectivity index (χ3n) is 6.91. The summed E-state index contributed by atoms with van der Waals surface area (Å²) in [5.41, 5.74) is 0. The zero-order valence-corrected chi connectivity index (χ0v) is 22.7. The van der Waals surface area contributed by atoms with Crippen molar-refractivity contribution in [3.63, 3.8) is 0 Å². The maximum atomic E-state index is 10.6. The van der Waals surface area contributed by atoms with E-state index in [4.69, 9.17) is 14.6 Å². The molecular weight excluding hydrogens is 412 g/mol. The predicted molar refractivity (Wildman–Crippen MR) is 142 cm³/mol. The molecule has 0 spiro atoms. The normalized spacial score (nSPS) is 17.1. The van der Waals surface area contributed by atoms with Gasteiger partial charge in [0, 0.05) is 20.3 Å². The highest BCUT2D eigenvalue weighted by molar-refractivity contribution is 4.67. The molecule has 0 bridgehead atoms. The zero-order chi connectivity index (χ0) is 24.4. The summed E-state index contributed by atoms with van der Waals surface area (Å²) < 4.78 is 11.5. The lowest BCUT2D eigenvalue weighted by atomic mass is 9.88. The summed E-state index contributed by atoms with van der Waals surface area (Å²) in [7, 11) is 1.00. The second-order valence-electron chi connectivity index (χ2n) is 10.0. The van der Waals surface area contributed by atoms with Gasteiger partial charge < -0.3 is 19.7 Å². The van der Waals surface area contributed by atoms with E-state index in [-0.39, 0.29) is 12.4 Å². The molecule has 0 aliphatic carbocycles. The van der Waals surface area contributed by atoms with Crippen molar-refractivity contribution in [2.24, 2.45) is 5.92 Å². The molecule has 1 aliphatic heterocycles. The molecule has 200 valence electrons. The minimum Gasteiger partial charge on any atom is -0.400 e. The molecule has 1 fully saturated rings. The van der Waals surface area contributed by atoms with Gasteiger partial charge in [0.05, 0.1) is 6.10 Å². The Kier molecular flexibility index (Phi) is 26.3. The van der Waals surface area contributed by atoms with E-state index in [1.807, 2.05) is 0 Å². The molecule has 0 amide bonds. The molecule has 4 nitrogen and oxygen atoms in total. The first-order valence-electron chi connectivity index (χ1n) is 14.6. The second kappa shape index (κ2) is 26.4. The van der Waals surface area contributed by atoms with E-state index >= 15 is 0 Å². The van der Waals surface area contributed by atoms with Crippen LogP contribution in [0.15, 0.2) is 0 Å². The van der Waals surface area contributed by atoms with Crippen LogP contribution in [0, 0.1) is 5.92 Å². The summed E-state index contributed by atoms with van der Waals surface area (Å²) in [6.07, 6.45) is 26.5. The van der Waals surface area contributed by atoms with Crippen molar-refractivity contribution in [1.82, 2.24) is 0 Å². The first-order valence-corrected chi connectivity index (χ1v) is 14.6. The quantitative estimate of drug-likeness (QED) is 0.156. The molecule has 2 unspecified atom stereocenters. The molecule has 2 N–H and O–H groups in total. The van der Waals surface area contributed by atoms with Crippen molar-refractivity contribution < 1.29 is 19.7 Å². The van der Waals surface area contributed by atoms with Crippen molar-refractivity contribution in [2.75, 3.05) is 20.3 Å². The molecule has 0 aromatic heterocycles. The van der Waals surface area contributed by atoms with Gasteiger partial charge >= 0.3 is 0 Å². The Hall–Kier alpha value is -0.160. The summed E-state index contributed by atoms with van der Waals surface area (Å²) in [4.78, 5) is 0. The van der Waals surface area contributed by atoms with Gasteiger partial charge in [-0.1, -0.05) is 104 Å². The van der Waals surface area contributed by atoms with Gasteiger partial charge in [0.15, 0.2) is 6.29 Å². The molecule has 2 atom stereocenters. The van der Waals surface area contributed by atoms with Gasteiger partial charge in [-0.05, 0) is 50.9 Å². The van der Waals surface area contributed by atoms with E-state index in [2.05, 4.69) is 13.8 Å². The maximum absolute atomic E-state index is 10.6. The van der Waals surface area contributed by atoms with Crippen LogP contribution >= 0.6 is 0 Å². The summed E-state index contributed by atoms with van der Waals surface area (Å²) in [6, 6.07) is 0. The minimum absolute atomic E-state index is 0.0257. The Morgan fingerprint density at radius 1 is 0.727 bits per heavy atom. The molecule has 4 heteroatoms. The third-order valence-corrected chi connectivity index (χ3v) is 6.91. The van der Waals surface area contributed by atoms with Crippen LogP contribution < -0.4 is 0 Å². The molecular formula is C29H60O4. The smallest absolute Gasteiger partial charge is 0.157 e. The van der Waals surface area contributed by atoms with Crippen molar-refractivity contribution in [3.05, 3.63) is 0 Å². The highest BCUT2D eigenvalue weighted by Gasteiger charge is 2.16. The molecule has 1 heterocycles. The first kappa shape index (κ1) is 32.8. The van der Waals surface area contributed by atoms with Crippen molar-refractivity contribution in [2.45, 2.75) is 161 Å². The number of hydrogen-bond acceptors (Lipinski definition) is 4. The minimum atomic E-state index is -0.129. The van der Waals surface area contributed by atoms with Crippen molar-refractivity contribution >= 4 is 0 Å². The van der Waals surface area contributed by atoms with E-state index in [0.29, 0.717) is 0 Å². The lowest BCUT2D eigenvalue weighted by Crippen LogP contribution is -2.22. The van der Waals surface area contributed by atoms with Crippen LogP contribution in [-0.2, 0) is 9.47 Å². The van der Waals surface area contributed by atoms with E-state index < -0.39 is 0 Å². The van der Waals surface area contributed by atoms with Gasteiger partial charge in [-0.3, -0.25) is 0 Å². The van der Waals surface area contributed by atoms with Crippen molar-refractivity contribution in [3.8, 4) is 0 Å². The third kappa shape index (κ3) is 22.1. The topological polar surface area (TPSA) is 58.9 Å². The van der Waals surface area contributed by atoms with Gasteiger partial charge in [-0.25, -0.2) is 0 Å². The maximum Gasteiger partial charge on any atom is 0.157 e. The van der Waals surface area contributed by atoms with Crippen LogP contribution in [0.4, 0.5) is 0 Å². The molecule has 0 aromatic carbocycles. The van der Waals surface area contributed by atoms with Crippen LogP contribution in [0.1, 0.15) is 149 Å². The molecule has 0 saturated carbocycles. The standard InChI is InChI=1S/C28H56O3.CH4O/c1-3-5-7-9-11-13-19-26(20-14-12-10-8-6-4-2)25-27(29)21-15-17-23-30-28-22-16-18-24-31-28;1-2/h26-29H,3-25H2,1-2H3;2H,1H3. The van der Waals surface area contributed by atoms with E-state index in [0.717, 1.165) is 58.3 Å². The first-order chi connectivity index (χ1) is 16.3. The Balaban J connectivity index is 0.00000497. The highest BCUT2D eigenvalue weighted by atomic mass is 16.7. The molecule has 1 rings (SSSR count). The van der Waals surface area contributed by atoms with Crippen LogP contribution in [0.3, 0.4) is 0 Å². The van der Waals surface area contributed by atoms with E-state index in [9.17, 15) is 5.11 Å². The summed E-state index contributed by atoms with van der Waals surface area (Å²) in [6.45, 7) is 6.19. The van der Waals surface area contributed by atoms with Crippen molar-refractivity contribution in [1.29, 1.82) is 0 Å². The average molecular weight is 473 g/mol. The highest BCUT2D eigenvalue weighted by Crippen LogP contribution is 2.25. The largest absolute Gasteiger partial charge is 0.400 e. The number of unbranched alkanes of at least 4 members (excludes halogenated alkanes) is 11. The Morgan fingerprint density at radius 2 is 1.27 bits per heavy atom. The van der Waals surface area contributed by atoms with Crippen LogP contribution in [0.5, 0.6) is 0 Å². The second-order valence-corrected chi connectivity index (χ2v) is 10.0. The number of hydrogen-bond donors (Lipinski definition) is 2. The van der Waals surface area contributed by atoms with E-state index in [1.165, 1.54) is 103 Å². The van der Waals surface area contributed by atoms with Crippen LogP contribution in [0.25, 0.3) is 0 Å². The monoisotopic (exact) mass is 472 g/mol. The molecule has 1 aliphatic rings. The number of ether oxygens (including phenoxy) is 2. The lowest BCUT2D eigenvalue weighted by Gasteiger charge is -2.23. The summed E-state index contributed by atoms with van der Waals surface area (Å²) in [5, 5.41) is 17.6. The molecule has 0 radical (unpaired) electrons. The van der Waals surface area contributed by atoms with Gasteiger partial charge in [0.2, 0.25) is 0 Å². The number of rotatable bonds is 22. The fourth-order valence-electron chi connectivity index (χ4n) is 4.85. The number of aliphatic hydroxyl groups excluding tert-OH is 2. The SMILES string of the molecule is CCCCCCCCC(CCCCCCCC)CC(O)CCCCOC1CCCCO1.CO. The van der Waals surface area contributed by atoms with Gasteiger partial charge in [0.1, 0.15) is 0 Å². The Labute approximate surface area is 207 Å². The zero-order valence-electron chi connectivity index (χ0n) is 22.7. The summed E-state index contributed by atoms with van der Waals surface area (Å²) in [5.74, 6) is 0.722. The van der Waals surface area contributed by atoms with Crippen LogP contribution in [0.2, 0.25) is 0 Å². The Bertz CT molecular complexity index is 342. The van der Waals surface area contributed by atoms with Gasteiger partial charge in [-0.2, -0.15) is 0 Å². The lowest BCUT2D eigenvalue weighted by molar-refractivity contribution is -0.162. The van der Waals surface area contributed by atoms with E-state index in [1.54, 1.807) is 0 Å². The van der Waals surface area contributed by atoms with Gasteiger partial charge in [-0.15, -0.1) is 0 Å². The Morgan fingerprint density at radius 3 is 1.82 bits per heavy atom. The molecule has 1 saturated heterocycles. The van der Waals surface area contributed by atoms with Gasteiger partial charge in [0.25, 0.3) is 0 Å². The molecule has 0 aromatic rings. The predicted octanol–water partition coefficient (Wildman–Crippen LogP) is 8.18. The van der Waals surface area contributed by atoms with Crippen LogP contribution in [-0.4, -0.2) is 42.9 Å². The average Bonchev–Trinajstić information content (AvgIpc) is 2.85. The fourth-order valence-corrected chi connectivity index (χ4v) is 4.85.